The molecule has 7 heteroatoms. The summed E-state index contributed by atoms with van der Waals surface area (Å²) in [5.74, 6) is 0. The molecule has 0 aliphatic carbocycles. The maximum absolute atomic E-state index is 12.1. The molecule has 14 heavy (non-hydrogen) atoms. The molecular weight excluding hydrogens is 267 g/mol. The van der Waals surface area contributed by atoms with Gasteiger partial charge in [0.1, 0.15) is 4.83 Å². The third-order valence-electron chi connectivity index (χ3n) is 1.61. The number of hydrogen-bond acceptors (Lipinski definition) is 3. The second kappa shape index (κ2) is 6.60. The highest BCUT2D eigenvalue weighted by Gasteiger charge is 2.38. The Labute approximate surface area is 88.6 Å². The molecule has 0 amide bonds. The molecular formula is C7H13BrF3NO2. The number of aliphatic hydroxyl groups excluding tert-OH is 2. The zero-order valence-electron chi connectivity index (χ0n) is 7.47. The molecule has 0 aromatic rings. The van der Waals surface area contributed by atoms with Gasteiger partial charge in [0.2, 0.25) is 0 Å². The fraction of sp³-hybridized carbons (Fsp3) is 1.00. The second-order valence-electron chi connectivity index (χ2n) is 2.76. The molecule has 0 bridgehead atoms. The SMILES string of the molecule is OCCN(CCO)CC(Br)C(F)(F)F. The minimum Gasteiger partial charge on any atom is -0.395 e. The quantitative estimate of drug-likeness (QED) is 0.700. The molecule has 0 fully saturated rings. The van der Waals surface area contributed by atoms with Gasteiger partial charge in [-0.05, 0) is 0 Å². The molecule has 0 heterocycles. The van der Waals surface area contributed by atoms with E-state index in [1.54, 1.807) is 0 Å². The van der Waals surface area contributed by atoms with Crippen LogP contribution in [-0.4, -0.2) is 59.0 Å². The zero-order chi connectivity index (χ0) is 11.2. The summed E-state index contributed by atoms with van der Waals surface area (Å²) < 4.78 is 36.3. The van der Waals surface area contributed by atoms with Crippen LogP contribution in [0.3, 0.4) is 0 Å². The van der Waals surface area contributed by atoms with E-state index in [-0.39, 0.29) is 32.8 Å². The van der Waals surface area contributed by atoms with Crippen molar-refractivity contribution in [2.45, 2.75) is 11.0 Å². The monoisotopic (exact) mass is 279 g/mol. The molecule has 0 aromatic carbocycles. The van der Waals surface area contributed by atoms with Gasteiger partial charge >= 0.3 is 6.18 Å². The lowest BCUT2D eigenvalue weighted by atomic mass is 10.3. The van der Waals surface area contributed by atoms with Crippen molar-refractivity contribution in [3.05, 3.63) is 0 Å². The van der Waals surface area contributed by atoms with Crippen molar-refractivity contribution in [2.24, 2.45) is 0 Å². The highest BCUT2D eigenvalue weighted by molar-refractivity contribution is 9.09. The number of halogens is 4. The van der Waals surface area contributed by atoms with E-state index in [0.717, 1.165) is 0 Å². The molecule has 3 nitrogen and oxygen atoms in total. The van der Waals surface area contributed by atoms with Crippen LogP contribution in [0.15, 0.2) is 0 Å². The molecule has 0 aromatic heterocycles. The molecule has 86 valence electrons. The van der Waals surface area contributed by atoms with Crippen molar-refractivity contribution in [3.63, 3.8) is 0 Å². The number of alkyl halides is 4. The molecule has 0 spiro atoms. The summed E-state index contributed by atoms with van der Waals surface area (Å²) in [6.07, 6.45) is -4.30. The van der Waals surface area contributed by atoms with Crippen LogP contribution in [0, 0.1) is 0 Å². The Hall–Kier alpha value is 0.150. The molecule has 2 N–H and O–H groups in total. The van der Waals surface area contributed by atoms with Crippen LogP contribution in [0.5, 0.6) is 0 Å². The van der Waals surface area contributed by atoms with E-state index in [4.69, 9.17) is 10.2 Å². The highest BCUT2D eigenvalue weighted by atomic mass is 79.9. The molecule has 1 unspecified atom stereocenters. The Morgan fingerprint density at radius 3 is 1.86 bits per heavy atom. The van der Waals surface area contributed by atoms with Gasteiger partial charge < -0.3 is 10.2 Å². The Kier molecular flexibility index (Phi) is 6.67. The van der Waals surface area contributed by atoms with E-state index in [2.05, 4.69) is 15.9 Å². The molecule has 0 aliphatic heterocycles. The van der Waals surface area contributed by atoms with E-state index < -0.39 is 11.0 Å². The van der Waals surface area contributed by atoms with Gasteiger partial charge in [-0.2, -0.15) is 13.2 Å². The first-order valence-electron chi connectivity index (χ1n) is 4.06. The molecule has 0 radical (unpaired) electrons. The van der Waals surface area contributed by atoms with Crippen molar-refractivity contribution in [1.29, 1.82) is 0 Å². The van der Waals surface area contributed by atoms with Crippen molar-refractivity contribution in [3.8, 4) is 0 Å². The minimum atomic E-state index is -4.30. The maximum Gasteiger partial charge on any atom is 0.402 e. The average molecular weight is 280 g/mol. The summed E-state index contributed by atoms with van der Waals surface area (Å²) in [5.41, 5.74) is 0. The van der Waals surface area contributed by atoms with Crippen LogP contribution < -0.4 is 0 Å². The van der Waals surface area contributed by atoms with E-state index >= 15 is 0 Å². The normalized spacial score (nSPS) is 14.8. The lowest BCUT2D eigenvalue weighted by Crippen LogP contribution is -2.40. The molecule has 0 saturated carbocycles. The van der Waals surface area contributed by atoms with Crippen LogP contribution in [0.25, 0.3) is 0 Å². The largest absolute Gasteiger partial charge is 0.402 e. The van der Waals surface area contributed by atoms with Crippen LogP contribution in [0.1, 0.15) is 0 Å². The van der Waals surface area contributed by atoms with Gasteiger partial charge in [0.15, 0.2) is 0 Å². The smallest absolute Gasteiger partial charge is 0.395 e. The maximum atomic E-state index is 12.1. The highest BCUT2D eigenvalue weighted by Crippen LogP contribution is 2.26. The number of nitrogens with zero attached hydrogens (tertiary/aromatic N) is 1. The van der Waals surface area contributed by atoms with E-state index in [0.29, 0.717) is 0 Å². The van der Waals surface area contributed by atoms with Crippen LogP contribution in [0.4, 0.5) is 13.2 Å². The van der Waals surface area contributed by atoms with Crippen molar-refractivity contribution in [2.75, 3.05) is 32.8 Å². The third kappa shape index (κ3) is 5.79. The summed E-state index contributed by atoms with van der Waals surface area (Å²) in [7, 11) is 0. The van der Waals surface area contributed by atoms with Crippen molar-refractivity contribution < 1.29 is 23.4 Å². The fourth-order valence-corrected chi connectivity index (χ4v) is 1.32. The van der Waals surface area contributed by atoms with Gasteiger partial charge in [-0.1, -0.05) is 15.9 Å². The summed E-state index contributed by atoms with van der Waals surface area (Å²) in [4.78, 5) is -0.291. The number of aliphatic hydroxyl groups is 2. The van der Waals surface area contributed by atoms with Gasteiger partial charge in [0.05, 0.1) is 13.2 Å². The first kappa shape index (κ1) is 14.2. The summed E-state index contributed by atoms with van der Waals surface area (Å²) in [6.45, 7) is -0.475. The lowest BCUT2D eigenvalue weighted by molar-refractivity contribution is -0.131. The van der Waals surface area contributed by atoms with Crippen LogP contribution in [0.2, 0.25) is 0 Å². The van der Waals surface area contributed by atoms with Crippen LogP contribution in [-0.2, 0) is 0 Å². The number of hydrogen-bond donors (Lipinski definition) is 2. The molecule has 0 saturated heterocycles. The van der Waals surface area contributed by atoms with E-state index in [1.807, 2.05) is 0 Å². The van der Waals surface area contributed by atoms with Gasteiger partial charge in [-0.25, -0.2) is 0 Å². The predicted molar refractivity (Wildman–Crippen MR) is 49.4 cm³/mol. The van der Waals surface area contributed by atoms with Gasteiger partial charge in [0.25, 0.3) is 0 Å². The average Bonchev–Trinajstić information content (AvgIpc) is 2.03. The van der Waals surface area contributed by atoms with Gasteiger partial charge in [-0.15, -0.1) is 0 Å². The number of rotatable bonds is 6. The minimum absolute atomic E-state index is 0.124. The van der Waals surface area contributed by atoms with Crippen LogP contribution >= 0.6 is 15.9 Å². The van der Waals surface area contributed by atoms with Gasteiger partial charge in [-0.3, -0.25) is 4.90 Å². The standard InChI is InChI=1S/C7H13BrF3NO2/c8-6(7(9,10)11)5-12(1-3-13)2-4-14/h6,13-14H,1-5H2. The Morgan fingerprint density at radius 2 is 1.57 bits per heavy atom. The van der Waals surface area contributed by atoms with E-state index in [9.17, 15) is 13.2 Å². The molecule has 0 aliphatic rings. The van der Waals surface area contributed by atoms with Crippen molar-refractivity contribution in [1.82, 2.24) is 4.90 Å². The first-order valence-corrected chi connectivity index (χ1v) is 4.98. The summed E-state index contributed by atoms with van der Waals surface area (Å²) in [6, 6.07) is 0. The Balaban J connectivity index is 4.01. The van der Waals surface area contributed by atoms with E-state index in [1.165, 1.54) is 4.90 Å². The summed E-state index contributed by atoms with van der Waals surface area (Å²) in [5, 5.41) is 17.1. The Bertz CT molecular complexity index is 150. The third-order valence-corrected chi connectivity index (χ3v) is 2.41. The Morgan fingerprint density at radius 1 is 1.14 bits per heavy atom. The predicted octanol–water partition coefficient (Wildman–Crippen LogP) is 0.599. The molecule has 0 rings (SSSR count). The van der Waals surface area contributed by atoms with Crippen molar-refractivity contribution >= 4 is 15.9 Å². The van der Waals surface area contributed by atoms with Gasteiger partial charge in [0, 0.05) is 19.6 Å². The zero-order valence-corrected chi connectivity index (χ0v) is 9.05. The fourth-order valence-electron chi connectivity index (χ4n) is 0.907. The first-order chi connectivity index (χ1) is 6.41. The second-order valence-corrected chi connectivity index (χ2v) is 3.86. The molecule has 1 atom stereocenters. The lowest BCUT2D eigenvalue weighted by Gasteiger charge is -2.24. The summed E-state index contributed by atoms with van der Waals surface area (Å²) >= 11 is 2.51. The topological polar surface area (TPSA) is 43.7 Å².